The molecule has 1 aliphatic heterocycles. The lowest BCUT2D eigenvalue weighted by Gasteiger charge is -2.30. The van der Waals surface area contributed by atoms with Crippen LogP contribution in [0.15, 0.2) is 18.2 Å². The first-order chi connectivity index (χ1) is 14.2. The molecule has 1 unspecified atom stereocenters. The topological polar surface area (TPSA) is 157 Å². The smallest absolute Gasteiger partial charge is 0.307 e. The normalized spacial score (nSPS) is 19.3. The molecule has 3 N–H and O–H groups in total. The highest BCUT2D eigenvalue weighted by atomic mass is 32.2. The number of nitro groups is 1. The highest BCUT2D eigenvalue weighted by Crippen LogP contribution is 2.26. The molecule has 11 nitrogen and oxygen atoms in total. The first-order valence-electron chi connectivity index (χ1n) is 8.74. The fraction of sp³-hybridized carbons (Fsp3) is 0.412. The molecule has 1 heterocycles. The molecule has 0 bridgehead atoms. The quantitative estimate of drug-likeness (QED) is 0.232. The van der Waals surface area contributed by atoms with Crippen LogP contribution in [0.1, 0.15) is 19.8 Å². The van der Waals surface area contributed by atoms with Crippen molar-refractivity contribution in [1.82, 2.24) is 10.6 Å². The van der Waals surface area contributed by atoms with E-state index in [1.165, 1.54) is 0 Å². The molecule has 1 fully saturated rings. The second kappa shape index (κ2) is 10.0. The Labute approximate surface area is 174 Å². The maximum atomic E-state index is 13.5. The van der Waals surface area contributed by atoms with Crippen molar-refractivity contribution in [3.8, 4) is 0 Å². The summed E-state index contributed by atoms with van der Waals surface area (Å²) in [6.45, 7) is 1.67. The van der Waals surface area contributed by atoms with Crippen molar-refractivity contribution in [2.24, 2.45) is 5.92 Å². The summed E-state index contributed by atoms with van der Waals surface area (Å²) < 4.78 is 18.0. The van der Waals surface area contributed by atoms with Gasteiger partial charge in [0.15, 0.2) is 5.50 Å². The second-order valence-corrected chi connectivity index (χ2v) is 7.49. The Kier molecular flexibility index (Phi) is 7.69. The first-order valence-corrected chi connectivity index (χ1v) is 9.68. The van der Waals surface area contributed by atoms with Gasteiger partial charge in [0.2, 0.25) is 23.5 Å². The van der Waals surface area contributed by atoms with Crippen molar-refractivity contribution >= 4 is 46.8 Å². The molecule has 0 aromatic heterocycles. The van der Waals surface area contributed by atoms with Gasteiger partial charge in [-0.3, -0.25) is 29.3 Å². The summed E-state index contributed by atoms with van der Waals surface area (Å²) in [6.07, 6.45) is -0.111. The van der Waals surface area contributed by atoms with Crippen molar-refractivity contribution in [1.29, 1.82) is 0 Å². The molecule has 1 saturated heterocycles. The Morgan fingerprint density at radius 2 is 1.97 bits per heavy atom. The molecule has 0 aliphatic carbocycles. The molecular weight excluding hydrogens is 423 g/mol. The molecular formula is C17H19FN4O7S. The minimum atomic E-state index is -1.13. The third-order valence-corrected chi connectivity index (χ3v) is 5.39. The summed E-state index contributed by atoms with van der Waals surface area (Å²) >= 11 is 0.786. The Balaban J connectivity index is 2.16. The average molecular weight is 442 g/mol. The number of benzene rings is 1. The zero-order valence-electron chi connectivity index (χ0n) is 16.0. The van der Waals surface area contributed by atoms with Crippen LogP contribution in [-0.2, 0) is 23.9 Å². The van der Waals surface area contributed by atoms with E-state index < -0.39 is 63.2 Å². The van der Waals surface area contributed by atoms with Crippen molar-refractivity contribution in [3.05, 3.63) is 34.1 Å². The van der Waals surface area contributed by atoms with Crippen LogP contribution in [0.4, 0.5) is 15.8 Å². The summed E-state index contributed by atoms with van der Waals surface area (Å²) in [5, 5.41) is 17.2. The molecule has 0 spiro atoms. The van der Waals surface area contributed by atoms with Crippen molar-refractivity contribution in [3.63, 3.8) is 0 Å². The Morgan fingerprint density at radius 1 is 1.33 bits per heavy atom. The van der Waals surface area contributed by atoms with E-state index in [0.29, 0.717) is 6.42 Å². The number of hydrogen-bond acceptors (Lipinski definition) is 8. The van der Waals surface area contributed by atoms with Gasteiger partial charge in [-0.25, -0.2) is 0 Å². The van der Waals surface area contributed by atoms with E-state index in [9.17, 15) is 33.7 Å². The van der Waals surface area contributed by atoms with Crippen molar-refractivity contribution < 1.29 is 33.2 Å². The van der Waals surface area contributed by atoms with Crippen molar-refractivity contribution in [2.45, 2.75) is 30.5 Å². The van der Waals surface area contributed by atoms with Gasteiger partial charge in [-0.05, 0) is 18.6 Å². The molecule has 1 aromatic carbocycles. The third kappa shape index (κ3) is 5.65. The van der Waals surface area contributed by atoms with Gasteiger partial charge in [0, 0.05) is 11.8 Å². The van der Waals surface area contributed by atoms with Crippen LogP contribution >= 0.6 is 11.8 Å². The number of amides is 3. The minimum absolute atomic E-state index is 0.0636. The van der Waals surface area contributed by atoms with E-state index in [1.54, 1.807) is 6.92 Å². The van der Waals surface area contributed by atoms with Crippen molar-refractivity contribution in [2.75, 3.05) is 12.4 Å². The molecule has 3 amide bonds. The standard InChI is InChI=1S/C17H19FN4O7S/c1-3-9-14(24)20-17(21-15(9)25)30-12(7-13(23)29-2)16(26)19-8-4-5-10(18)11(6-8)22(27)28/h4-6,9,12,17H,3,7H2,1-2H3,(H,19,26)(H,20,24)(H,21,25). The number of carbonyl (C=O) groups is 4. The number of methoxy groups -OCH3 is 1. The summed E-state index contributed by atoms with van der Waals surface area (Å²) in [7, 11) is 1.13. The molecule has 13 heteroatoms. The summed E-state index contributed by atoms with van der Waals surface area (Å²) in [5.41, 5.74) is -1.87. The van der Waals surface area contributed by atoms with Crippen LogP contribution in [-0.4, -0.2) is 46.5 Å². The van der Waals surface area contributed by atoms with Crippen LogP contribution < -0.4 is 16.0 Å². The molecule has 1 atom stereocenters. The van der Waals surface area contributed by atoms with E-state index >= 15 is 0 Å². The average Bonchev–Trinajstić information content (AvgIpc) is 2.68. The minimum Gasteiger partial charge on any atom is -0.469 e. The summed E-state index contributed by atoms with van der Waals surface area (Å²) in [6, 6.07) is 2.78. The van der Waals surface area contributed by atoms with Gasteiger partial charge < -0.3 is 20.7 Å². The molecule has 2 rings (SSSR count). The SMILES string of the molecule is CCC1C(=O)NC(SC(CC(=O)OC)C(=O)Nc2ccc(F)c([N+](=O)[O-])c2)NC1=O. The number of ether oxygens (including phenoxy) is 1. The number of esters is 1. The van der Waals surface area contributed by atoms with E-state index in [2.05, 4.69) is 20.7 Å². The van der Waals surface area contributed by atoms with Gasteiger partial charge in [-0.15, -0.1) is 11.8 Å². The fourth-order valence-electron chi connectivity index (χ4n) is 2.61. The Morgan fingerprint density at radius 3 is 2.50 bits per heavy atom. The fourth-order valence-corrected chi connectivity index (χ4v) is 3.72. The lowest BCUT2D eigenvalue weighted by molar-refractivity contribution is -0.387. The predicted octanol–water partition coefficient (Wildman–Crippen LogP) is 0.893. The monoisotopic (exact) mass is 442 g/mol. The molecule has 0 radical (unpaired) electrons. The van der Waals surface area contributed by atoms with Crippen LogP contribution in [0.3, 0.4) is 0 Å². The number of nitrogens with zero attached hydrogens (tertiary/aromatic N) is 1. The largest absolute Gasteiger partial charge is 0.469 e. The lowest BCUT2D eigenvalue weighted by atomic mass is 10.0. The van der Waals surface area contributed by atoms with Gasteiger partial charge in [0.1, 0.15) is 5.92 Å². The molecule has 1 aromatic rings. The van der Waals surface area contributed by atoms with Gasteiger partial charge in [0.05, 0.1) is 23.7 Å². The highest BCUT2D eigenvalue weighted by Gasteiger charge is 2.36. The second-order valence-electron chi connectivity index (χ2n) is 6.18. The summed E-state index contributed by atoms with van der Waals surface area (Å²) in [5.74, 6) is -4.43. The lowest BCUT2D eigenvalue weighted by Crippen LogP contribution is -2.58. The first kappa shape index (κ1) is 23.1. The van der Waals surface area contributed by atoms with E-state index in [1.807, 2.05) is 0 Å². The van der Waals surface area contributed by atoms with Gasteiger partial charge in [-0.1, -0.05) is 6.92 Å². The molecule has 0 saturated carbocycles. The number of halogens is 1. The van der Waals surface area contributed by atoms with E-state index in [-0.39, 0.29) is 5.69 Å². The Hall–Kier alpha value is -3.22. The number of rotatable bonds is 8. The number of nitrogens with one attached hydrogen (secondary N) is 3. The van der Waals surface area contributed by atoms with E-state index in [0.717, 1.165) is 37.1 Å². The number of carbonyl (C=O) groups excluding carboxylic acids is 4. The highest BCUT2D eigenvalue weighted by molar-refractivity contribution is 8.01. The number of nitro benzene ring substituents is 1. The molecule has 162 valence electrons. The zero-order chi connectivity index (χ0) is 22.4. The predicted molar refractivity (Wildman–Crippen MR) is 104 cm³/mol. The molecule has 30 heavy (non-hydrogen) atoms. The third-order valence-electron chi connectivity index (χ3n) is 4.17. The van der Waals surface area contributed by atoms with Gasteiger partial charge in [-0.2, -0.15) is 4.39 Å². The number of anilines is 1. The van der Waals surface area contributed by atoms with Crippen LogP contribution in [0.25, 0.3) is 0 Å². The van der Waals surface area contributed by atoms with Crippen LogP contribution in [0.5, 0.6) is 0 Å². The maximum absolute atomic E-state index is 13.5. The number of hydrogen-bond donors (Lipinski definition) is 3. The van der Waals surface area contributed by atoms with Gasteiger partial charge >= 0.3 is 11.7 Å². The van der Waals surface area contributed by atoms with Crippen LogP contribution in [0.2, 0.25) is 0 Å². The van der Waals surface area contributed by atoms with E-state index in [4.69, 9.17) is 0 Å². The molecule has 1 aliphatic rings. The summed E-state index contributed by atoms with van der Waals surface area (Å²) in [4.78, 5) is 58.3. The maximum Gasteiger partial charge on any atom is 0.307 e. The van der Waals surface area contributed by atoms with Crippen LogP contribution in [0, 0.1) is 21.8 Å². The Bertz CT molecular complexity index is 864. The zero-order valence-corrected chi connectivity index (χ0v) is 16.8. The number of thioether (sulfide) groups is 1. The van der Waals surface area contributed by atoms with Gasteiger partial charge in [0.25, 0.3) is 0 Å².